The summed E-state index contributed by atoms with van der Waals surface area (Å²) in [5, 5.41) is 0. The molecule has 0 saturated carbocycles. The molecule has 0 aliphatic heterocycles. The van der Waals surface area contributed by atoms with Crippen molar-refractivity contribution < 1.29 is 9.13 Å². The van der Waals surface area contributed by atoms with Gasteiger partial charge in [-0.15, -0.1) is 0 Å². The number of nitrogens with two attached hydrogens (primary N) is 1. The molecule has 1 aromatic rings. The first-order valence-corrected chi connectivity index (χ1v) is 4.91. The molecule has 0 radical (unpaired) electrons. The van der Waals surface area contributed by atoms with E-state index in [2.05, 4.69) is 6.58 Å². The summed E-state index contributed by atoms with van der Waals surface area (Å²) in [5.74, 6) is -0.0651. The smallest absolute Gasteiger partial charge is 0.165 e. The van der Waals surface area contributed by atoms with E-state index in [0.717, 1.165) is 5.56 Å². The molecule has 1 atom stereocenters. The lowest BCUT2D eigenvalue weighted by Crippen LogP contribution is -2.18. The molecule has 0 bridgehead atoms. The summed E-state index contributed by atoms with van der Waals surface area (Å²) in [6.07, 6.45) is 2.19. The number of ether oxygens (including phenoxy) is 1. The lowest BCUT2D eigenvalue weighted by atomic mass is 10.1. The Kier molecular flexibility index (Phi) is 4.31. The minimum Gasteiger partial charge on any atom is -0.486 e. The molecular formula is C12H16FNO. The lowest BCUT2D eigenvalue weighted by molar-refractivity contribution is 0.337. The fraction of sp³-hybridized carbons (Fsp3) is 0.333. The number of hydrogen-bond acceptors (Lipinski definition) is 2. The Labute approximate surface area is 89.6 Å². The fourth-order valence-corrected chi connectivity index (χ4v) is 1.37. The number of para-hydroxylation sites is 1. The van der Waals surface area contributed by atoms with Crippen molar-refractivity contribution in [1.82, 2.24) is 0 Å². The molecule has 2 nitrogen and oxygen atoms in total. The quantitative estimate of drug-likeness (QED) is 0.755. The highest BCUT2D eigenvalue weighted by atomic mass is 19.1. The van der Waals surface area contributed by atoms with E-state index in [1.54, 1.807) is 12.1 Å². The van der Waals surface area contributed by atoms with E-state index in [0.29, 0.717) is 13.0 Å². The van der Waals surface area contributed by atoms with Gasteiger partial charge in [-0.1, -0.05) is 24.8 Å². The summed E-state index contributed by atoms with van der Waals surface area (Å²) in [6, 6.07) is 4.85. The average molecular weight is 209 g/mol. The van der Waals surface area contributed by atoms with Crippen LogP contribution in [0.25, 0.3) is 0 Å². The van der Waals surface area contributed by atoms with E-state index < -0.39 is 0 Å². The number of halogens is 1. The van der Waals surface area contributed by atoms with Crippen LogP contribution in [0.2, 0.25) is 0 Å². The first kappa shape index (κ1) is 11.7. The van der Waals surface area contributed by atoms with Crippen molar-refractivity contribution in [2.75, 3.05) is 6.61 Å². The van der Waals surface area contributed by atoms with Crippen LogP contribution in [-0.2, 0) is 6.42 Å². The first-order chi connectivity index (χ1) is 7.15. The molecule has 1 rings (SSSR count). The molecule has 2 N–H and O–H groups in total. The van der Waals surface area contributed by atoms with Crippen LogP contribution in [0.1, 0.15) is 12.5 Å². The molecule has 0 spiro atoms. The van der Waals surface area contributed by atoms with Crippen molar-refractivity contribution in [3.8, 4) is 5.75 Å². The SMILES string of the molecule is C=CCOc1c(F)cccc1CC(C)N. The Morgan fingerprint density at radius 3 is 2.93 bits per heavy atom. The molecule has 15 heavy (non-hydrogen) atoms. The second-order valence-corrected chi connectivity index (χ2v) is 3.51. The Morgan fingerprint density at radius 2 is 2.33 bits per heavy atom. The second kappa shape index (κ2) is 5.51. The van der Waals surface area contributed by atoms with Crippen LogP contribution < -0.4 is 10.5 Å². The molecule has 0 aliphatic rings. The minimum absolute atomic E-state index is 0.0159. The van der Waals surface area contributed by atoms with Crippen LogP contribution in [0.15, 0.2) is 30.9 Å². The van der Waals surface area contributed by atoms with Crippen molar-refractivity contribution in [1.29, 1.82) is 0 Å². The van der Waals surface area contributed by atoms with E-state index in [-0.39, 0.29) is 17.6 Å². The maximum absolute atomic E-state index is 13.4. The van der Waals surface area contributed by atoms with Crippen LogP contribution >= 0.6 is 0 Å². The van der Waals surface area contributed by atoms with Crippen LogP contribution in [0.3, 0.4) is 0 Å². The van der Waals surface area contributed by atoms with Crippen LogP contribution in [0.4, 0.5) is 4.39 Å². The van der Waals surface area contributed by atoms with E-state index in [4.69, 9.17) is 10.5 Å². The van der Waals surface area contributed by atoms with E-state index in [9.17, 15) is 4.39 Å². The van der Waals surface area contributed by atoms with Gasteiger partial charge in [0, 0.05) is 6.04 Å². The highest BCUT2D eigenvalue weighted by Crippen LogP contribution is 2.23. The largest absolute Gasteiger partial charge is 0.486 e. The fourth-order valence-electron chi connectivity index (χ4n) is 1.37. The zero-order valence-corrected chi connectivity index (χ0v) is 8.87. The number of rotatable bonds is 5. The minimum atomic E-state index is -0.352. The molecule has 0 saturated heterocycles. The maximum Gasteiger partial charge on any atom is 0.165 e. The normalized spacial score (nSPS) is 12.2. The molecule has 1 unspecified atom stereocenters. The third kappa shape index (κ3) is 3.36. The van der Waals surface area contributed by atoms with E-state index in [1.165, 1.54) is 6.07 Å². The number of hydrogen-bond donors (Lipinski definition) is 1. The lowest BCUT2D eigenvalue weighted by Gasteiger charge is -2.12. The van der Waals surface area contributed by atoms with Gasteiger partial charge in [0.1, 0.15) is 6.61 Å². The van der Waals surface area contributed by atoms with Gasteiger partial charge in [0.2, 0.25) is 0 Å². The molecule has 82 valence electrons. The Bertz CT molecular complexity index is 336. The monoisotopic (exact) mass is 209 g/mol. The molecule has 3 heteroatoms. The van der Waals surface area contributed by atoms with E-state index >= 15 is 0 Å². The third-order valence-electron chi connectivity index (χ3n) is 1.94. The Hall–Kier alpha value is -1.35. The molecular weight excluding hydrogens is 193 g/mol. The standard InChI is InChI=1S/C12H16FNO/c1-3-7-15-12-10(8-9(2)14)5-4-6-11(12)13/h3-6,9H,1,7-8,14H2,2H3. The van der Waals surface area contributed by atoms with Gasteiger partial charge in [0.05, 0.1) is 0 Å². The summed E-state index contributed by atoms with van der Waals surface area (Å²) in [4.78, 5) is 0. The molecule has 0 fully saturated rings. The highest BCUT2D eigenvalue weighted by molar-refractivity contribution is 5.35. The highest BCUT2D eigenvalue weighted by Gasteiger charge is 2.10. The predicted molar refractivity (Wildman–Crippen MR) is 59.4 cm³/mol. The topological polar surface area (TPSA) is 35.2 Å². The van der Waals surface area contributed by atoms with Crippen LogP contribution in [0.5, 0.6) is 5.75 Å². The van der Waals surface area contributed by atoms with Crippen molar-refractivity contribution in [2.45, 2.75) is 19.4 Å². The summed E-state index contributed by atoms with van der Waals surface area (Å²) in [5.41, 5.74) is 6.47. The maximum atomic E-state index is 13.4. The summed E-state index contributed by atoms with van der Waals surface area (Å²) in [6.45, 7) is 5.70. The number of benzene rings is 1. The van der Waals surface area contributed by atoms with Crippen molar-refractivity contribution in [3.63, 3.8) is 0 Å². The predicted octanol–water partition coefficient (Wildman–Crippen LogP) is 2.28. The van der Waals surface area contributed by atoms with Crippen molar-refractivity contribution in [3.05, 3.63) is 42.2 Å². The summed E-state index contributed by atoms with van der Waals surface area (Å²) in [7, 11) is 0. The zero-order chi connectivity index (χ0) is 11.3. The second-order valence-electron chi connectivity index (χ2n) is 3.51. The molecule has 0 amide bonds. The van der Waals surface area contributed by atoms with E-state index in [1.807, 2.05) is 13.0 Å². The van der Waals surface area contributed by atoms with Gasteiger partial charge in [0.15, 0.2) is 11.6 Å². The summed E-state index contributed by atoms with van der Waals surface area (Å²) < 4.78 is 18.7. The Morgan fingerprint density at radius 1 is 1.60 bits per heavy atom. The van der Waals surface area contributed by atoms with Gasteiger partial charge >= 0.3 is 0 Å². The van der Waals surface area contributed by atoms with Gasteiger partial charge in [0.25, 0.3) is 0 Å². The molecule has 1 aromatic carbocycles. The van der Waals surface area contributed by atoms with Gasteiger partial charge in [-0.2, -0.15) is 0 Å². The van der Waals surface area contributed by atoms with Crippen LogP contribution in [0, 0.1) is 5.82 Å². The molecule has 0 heterocycles. The van der Waals surface area contributed by atoms with Crippen molar-refractivity contribution in [2.24, 2.45) is 5.73 Å². The Balaban J connectivity index is 2.91. The molecule has 0 aliphatic carbocycles. The van der Waals surface area contributed by atoms with Gasteiger partial charge in [-0.25, -0.2) is 4.39 Å². The van der Waals surface area contributed by atoms with Gasteiger partial charge in [-0.05, 0) is 25.0 Å². The zero-order valence-electron chi connectivity index (χ0n) is 8.87. The summed E-state index contributed by atoms with van der Waals surface area (Å²) >= 11 is 0. The first-order valence-electron chi connectivity index (χ1n) is 4.91. The average Bonchev–Trinajstić information content (AvgIpc) is 2.16. The van der Waals surface area contributed by atoms with Gasteiger partial charge in [-0.3, -0.25) is 0 Å². The molecule has 0 aromatic heterocycles. The van der Waals surface area contributed by atoms with Crippen LogP contribution in [-0.4, -0.2) is 12.6 Å². The van der Waals surface area contributed by atoms with Gasteiger partial charge < -0.3 is 10.5 Å². The third-order valence-corrected chi connectivity index (χ3v) is 1.94. The van der Waals surface area contributed by atoms with Crippen molar-refractivity contribution >= 4 is 0 Å².